The van der Waals surface area contributed by atoms with Gasteiger partial charge in [-0.1, -0.05) is 0 Å². The first kappa shape index (κ1) is 20.7. The second-order valence-corrected chi connectivity index (χ2v) is 5.48. The molecule has 1 aromatic rings. The Morgan fingerprint density at radius 3 is 2.21 bits per heavy atom. The first-order valence-electron chi connectivity index (χ1n) is 8.12. The number of hydrogen-bond acceptors (Lipinski definition) is 4. The van der Waals surface area contributed by atoms with E-state index in [9.17, 15) is 0 Å². The Labute approximate surface area is 161 Å². The monoisotopic (exact) mass is 449 g/mol. The van der Waals surface area contributed by atoms with Gasteiger partial charge in [-0.2, -0.15) is 0 Å². The summed E-state index contributed by atoms with van der Waals surface area (Å²) in [6.45, 7) is 4.94. The minimum Gasteiger partial charge on any atom is -0.493 e. The van der Waals surface area contributed by atoms with Gasteiger partial charge in [-0.15, -0.1) is 24.0 Å². The Balaban J connectivity index is 0.00000288. The molecule has 0 radical (unpaired) electrons. The fourth-order valence-corrected chi connectivity index (χ4v) is 2.71. The lowest BCUT2D eigenvalue weighted by Crippen LogP contribution is -2.40. The van der Waals surface area contributed by atoms with Gasteiger partial charge in [0.15, 0.2) is 17.5 Å². The molecule has 0 saturated carbocycles. The highest BCUT2D eigenvalue weighted by Gasteiger charge is 2.15. The molecule has 0 spiro atoms. The van der Waals surface area contributed by atoms with Crippen LogP contribution in [0, 0.1) is 0 Å². The van der Waals surface area contributed by atoms with Crippen molar-refractivity contribution in [3.05, 3.63) is 17.7 Å². The second kappa shape index (κ2) is 10.5. The van der Waals surface area contributed by atoms with Crippen LogP contribution in [0.3, 0.4) is 0 Å². The highest BCUT2D eigenvalue weighted by molar-refractivity contribution is 14.0. The van der Waals surface area contributed by atoms with Crippen LogP contribution in [0.4, 0.5) is 0 Å². The molecule has 7 heteroatoms. The van der Waals surface area contributed by atoms with Gasteiger partial charge in [-0.3, -0.25) is 0 Å². The third-order valence-electron chi connectivity index (χ3n) is 3.91. The average Bonchev–Trinajstić information content (AvgIpc) is 2.61. The largest absolute Gasteiger partial charge is 0.493 e. The van der Waals surface area contributed by atoms with Gasteiger partial charge in [0.1, 0.15) is 0 Å². The number of rotatable bonds is 6. The summed E-state index contributed by atoms with van der Waals surface area (Å²) in [4.78, 5) is 6.66. The van der Waals surface area contributed by atoms with E-state index in [0.29, 0.717) is 36.4 Å². The number of likely N-dealkylation sites (tertiary alicyclic amines) is 1. The number of nitrogens with two attached hydrogens (primary N) is 1. The van der Waals surface area contributed by atoms with Gasteiger partial charge < -0.3 is 24.8 Å². The normalized spacial score (nSPS) is 14.8. The van der Waals surface area contributed by atoms with Gasteiger partial charge in [-0.25, -0.2) is 4.99 Å². The van der Waals surface area contributed by atoms with Crippen LogP contribution < -0.4 is 19.9 Å². The zero-order chi connectivity index (χ0) is 16.7. The molecule has 1 aliphatic heterocycles. The molecule has 6 nitrogen and oxygen atoms in total. The summed E-state index contributed by atoms with van der Waals surface area (Å²) in [6.07, 6.45) is 3.64. The molecular weight excluding hydrogens is 421 g/mol. The average molecular weight is 449 g/mol. The first-order chi connectivity index (χ1) is 11.2. The molecule has 1 fully saturated rings. The van der Waals surface area contributed by atoms with Gasteiger partial charge in [0, 0.05) is 13.1 Å². The molecule has 2 N–H and O–H groups in total. The van der Waals surface area contributed by atoms with Crippen molar-refractivity contribution >= 4 is 29.9 Å². The maximum absolute atomic E-state index is 6.10. The summed E-state index contributed by atoms with van der Waals surface area (Å²) in [6, 6.07) is 3.83. The Kier molecular flexibility index (Phi) is 9.02. The summed E-state index contributed by atoms with van der Waals surface area (Å²) < 4.78 is 16.4. The van der Waals surface area contributed by atoms with Crippen molar-refractivity contribution in [2.24, 2.45) is 10.7 Å². The number of ether oxygens (including phenoxy) is 3. The number of methoxy groups -OCH3 is 2. The minimum absolute atomic E-state index is 0. The summed E-state index contributed by atoms with van der Waals surface area (Å²) in [5, 5.41) is 0. The standard InChI is InChI=1S/C17H27N3O3.HI/c1-4-23-16-14(21-2)10-13(11-15(16)22-3)12-19-17(18)20-8-6-5-7-9-20;/h10-11H,4-9,12H2,1-3H3,(H2,18,19);1H. The smallest absolute Gasteiger partial charge is 0.203 e. The van der Waals surface area contributed by atoms with E-state index in [1.807, 2.05) is 19.1 Å². The number of benzene rings is 1. The van der Waals surface area contributed by atoms with Crippen LogP contribution in [0.25, 0.3) is 0 Å². The number of halogens is 1. The Morgan fingerprint density at radius 1 is 1.12 bits per heavy atom. The molecule has 24 heavy (non-hydrogen) atoms. The quantitative estimate of drug-likeness (QED) is 0.411. The highest BCUT2D eigenvalue weighted by Crippen LogP contribution is 2.38. The minimum atomic E-state index is 0. The van der Waals surface area contributed by atoms with Crippen molar-refractivity contribution < 1.29 is 14.2 Å². The molecular formula is C17H28IN3O3. The number of hydrogen-bond donors (Lipinski definition) is 1. The number of piperidine rings is 1. The first-order valence-corrected chi connectivity index (χ1v) is 8.12. The zero-order valence-corrected chi connectivity index (χ0v) is 17.0. The van der Waals surface area contributed by atoms with E-state index >= 15 is 0 Å². The van der Waals surface area contributed by atoms with E-state index in [-0.39, 0.29) is 24.0 Å². The van der Waals surface area contributed by atoms with Crippen molar-refractivity contribution in [2.75, 3.05) is 33.9 Å². The number of aliphatic imine (C=N–C) groups is 1. The molecule has 0 aliphatic carbocycles. The van der Waals surface area contributed by atoms with E-state index in [4.69, 9.17) is 19.9 Å². The van der Waals surface area contributed by atoms with E-state index in [1.54, 1.807) is 14.2 Å². The summed E-state index contributed by atoms with van der Waals surface area (Å²) in [5.74, 6) is 2.52. The van der Waals surface area contributed by atoms with Crippen LogP contribution in [0.5, 0.6) is 17.2 Å². The van der Waals surface area contributed by atoms with E-state index < -0.39 is 0 Å². The van der Waals surface area contributed by atoms with Crippen molar-refractivity contribution in [3.63, 3.8) is 0 Å². The third kappa shape index (κ3) is 5.32. The van der Waals surface area contributed by atoms with Crippen LogP contribution in [0.1, 0.15) is 31.7 Å². The van der Waals surface area contributed by atoms with Crippen molar-refractivity contribution in [3.8, 4) is 17.2 Å². The molecule has 136 valence electrons. The van der Waals surface area contributed by atoms with Gasteiger partial charge in [0.25, 0.3) is 0 Å². The Bertz CT molecular complexity index is 521. The molecule has 0 amide bonds. The Morgan fingerprint density at radius 2 is 1.71 bits per heavy atom. The number of nitrogens with zero attached hydrogens (tertiary/aromatic N) is 2. The lowest BCUT2D eigenvalue weighted by molar-refractivity contribution is 0.288. The molecule has 0 bridgehead atoms. The van der Waals surface area contributed by atoms with Crippen LogP contribution in [0.2, 0.25) is 0 Å². The summed E-state index contributed by atoms with van der Waals surface area (Å²) in [7, 11) is 3.23. The zero-order valence-electron chi connectivity index (χ0n) is 14.7. The van der Waals surface area contributed by atoms with Crippen molar-refractivity contribution in [1.82, 2.24) is 4.90 Å². The van der Waals surface area contributed by atoms with Gasteiger partial charge in [-0.05, 0) is 43.9 Å². The van der Waals surface area contributed by atoms with E-state index in [1.165, 1.54) is 19.3 Å². The topological polar surface area (TPSA) is 69.3 Å². The fourth-order valence-electron chi connectivity index (χ4n) is 2.71. The van der Waals surface area contributed by atoms with E-state index in [2.05, 4.69) is 9.89 Å². The molecule has 1 saturated heterocycles. The molecule has 1 aromatic carbocycles. The Hall–Kier alpha value is -1.38. The predicted octanol–water partition coefficient (Wildman–Crippen LogP) is 3.02. The van der Waals surface area contributed by atoms with Gasteiger partial charge in [0.05, 0.1) is 27.4 Å². The SMILES string of the molecule is CCOc1c(OC)cc(CN=C(N)N2CCCCC2)cc1OC.I. The maximum atomic E-state index is 6.10. The molecule has 1 aliphatic rings. The van der Waals surface area contributed by atoms with Crippen LogP contribution in [-0.2, 0) is 6.54 Å². The van der Waals surface area contributed by atoms with E-state index in [0.717, 1.165) is 18.7 Å². The maximum Gasteiger partial charge on any atom is 0.203 e. The molecule has 0 unspecified atom stereocenters. The number of guanidine groups is 1. The van der Waals surface area contributed by atoms with Crippen LogP contribution in [-0.4, -0.2) is 44.8 Å². The van der Waals surface area contributed by atoms with Crippen molar-refractivity contribution in [1.29, 1.82) is 0 Å². The molecule has 1 heterocycles. The predicted molar refractivity (Wildman–Crippen MR) is 107 cm³/mol. The lowest BCUT2D eigenvalue weighted by atomic mass is 10.1. The third-order valence-corrected chi connectivity index (χ3v) is 3.91. The highest BCUT2D eigenvalue weighted by atomic mass is 127. The molecule has 0 aromatic heterocycles. The van der Waals surface area contributed by atoms with Gasteiger partial charge in [0.2, 0.25) is 5.75 Å². The van der Waals surface area contributed by atoms with Crippen LogP contribution in [0.15, 0.2) is 17.1 Å². The second-order valence-electron chi connectivity index (χ2n) is 5.48. The molecule has 2 rings (SSSR count). The van der Waals surface area contributed by atoms with Gasteiger partial charge >= 0.3 is 0 Å². The lowest BCUT2D eigenvalue weighted by Gasteiger charge is -2.27. The summed E-state index contributed by atoms with van der Waals surface area (Å²) >= 11 is 0. The fraction of sp³-hybridized carbons (Fsp3) is 0.588. The van der Waals surface area contributed by atoms with Crippen LogP contribution >= 0.6 is 24.0 Å². The summed E-state index contributed by atoms with van der Waals surface area (Å²) in [5.41, 5.74) is 7.08. The van der Waals surface area contributed by atoms with Crippen molar-refractivity contribution in [2.45, 2.75) is 32.7 Å². The molecule has 0 atom stereocenters.